The first-order valence-corrected chi connectivity index (χ1v) is 11.4. The molecule has 1 aliphatic rings. The maximum absolute atomic E-state index is 4.96. The van der Waals surface area contributed by atoms with Crippen LogP contribution >= 0.6 is 0 Å². The molecule has 4 aromatic rings. The summed E-state index contributed by atoms with van der Waals surface area (Å²) < 4.78 is 0. The number of para-hydroxylation sites is 1. The minimum absolute atomic E-state index is 0.633. The minimum Gasteiger partial charge on any atom is -0.388 e. The van der Waals surface area contributed by atoms with E-state index in [0.717, 1.165) is 46.3 Å². The average Bonchev–Trinajstić information content (AvgIpc) is 3.67. The summed E-state index contributed by atoms with van der Waals surface area (Å²) in [5.41, 5.74) is 4.05. The van der Waals surface area contributed by atoms with Gasteiger partial charge in [-0.1, -0.05) is 68.1 Å². The van der Waals surface area contributed by atoms with Gasteiger partial charge >= 0.3 is 0 Å². The summed E-state index contributed by atoms with van der Waals surface area (Å²) in [5, 5.41) is 10.4. The van der Waals surface area contributed by atoms with Crippen molar-refractivity contribution >= 4 is 27.5 Å². The third-order valence-electron chi connectivity index (χ3n) is 5.84. The normalized spacial score (nSPS) is 14.0. The monoisotopic (exact) mass is 420 g/mol. The lowest BCUT2D eigenvalue weighted by atomic mass is 10.0. The highest BCUT2D eigenvalue weighted by Crippen LogP contribution is 2.36. The Bertz CT molecular complexity index is 1310. The molecule has 4 heteroatoms. The Kier molecular flexibility index (Phi) is 5.59. The smallest absolute Gasteiger partial charge is 0.162 e. The summed E-state index contributed by atoms with van der Waals surface area (Å²) in [6, 6.07) is 22.7. The first-order valence-electron chi connectivity index (χ1n) is 11.4. The standard InChI is InChI=1S/C28H28N4/c1-3-17-29-26(21-15-16-21)18-19(2)30-28-24-12-6-7-14-25(24)31-27(32-28)23-13-8-10-20-9-4-5-11-22(20)23/h4-14,18,21,29H,2-3,15-17H2,1H3,(H,30,31,32)/b26-18-. The molecule has 2 N–H and O–H groups in total. The van der Waals surface area contributed by atoms with E-state index < -0.39 is 0 Å². The third-order valence-corrected chi connectivity index (χ3v) is 5.84. The van der Waals surface area contributed by atoms with Crippen LogP contribution in [0.2, 0.25) is 0 Å². The summed E-state index contributed by atoms with van der Waals surface area (Å²) >= 11 is 0. The van der Waals surface area contributed by atoms with E-state index >= 15 is 0 Å². The molecule has 32 heavy (non-hydrogen) atoms. The highest BCUT2D eigenvalue weighted by atomic mass is 15.0. The van der Waals surface area contributed by atoms with Crippen LogP contribution in [-0.4, -0.2) is 16.5 Å². The van der Waals surface area contributed by atoms with Gasteiger partial charge in [-0.15, -0.1) is 0 Å². The first-order chi connectivity index (χ1) is 15.7. The van der Waals surface area contributed by atoms with Gasteiger partial charge in [0.05, 0.1) is 5.52 Å². The average molecular weight is 421 g/mol. The van der Waals surface area contributed by atoms with E-state index in [0.29, 0.717) is 11.7 Å². The molecule has 1 aromatic heterocycles. The Morgan fingerprint density at radius 2 is 1.72 bits per heavy atom. The molecule has 0 aliphatic heterocycles. The summed E-state index contributed by atoms with van der Waals surface area (Å²) in [4.78, 5) is 9.85. The fraction of sp³-hybridized carbons (Fsp3) is 0.214. The van der Waals surface area contributed by atoms with Gasteiger partial charge < -0.3 is 10.6 Å². The van der Waals surface area contributed by atoms with Crippen LogP contribution in [0.15, 0.2) is 90.8 Å². The fourth-order valence-electron chi connectivity index (χ4n) is 4.07. The Labute approximate surface area is 189 Å². The molecule has 1 heterocycles. The molecule has 1 fully saturated rings. The van der Waals surface area contributed by atoms with Crippen LogP contribution < -0.4 is 10.6 Å². The van der Waals surface area contributed by atoms with Crippen molar-refractivity contribution in [1.82, 2.24) is 15.3 Å². The quantitative estimate of drug-likeness (QED) is 0.313. The van der Waals surface area contributed by atoms with Crippen molar-refractivity contribution in [3.63, 3.8) is 0 Å². The van der Waals surface area contributed by atoms with E-state index in [1.807, 2.05) is 18.2 Å². The highest BCUT2D eigenvalue weighted by Gasteiger charge is 2.25. The fourth-order valence-corrected chi connectivity index (χ4v) is 4.07. The molecule has 0 saturated heterocycles. The van der Waals surface area contributed by atoms with Crippen molar-refractivity contribution in [2.75, 3.05) is 11.9 Å². The molecule has 160 valence electrons. The molecule has 0 radical (unpaired) electrons. The molecule has 0 atom stereocenters. The Morgan fingerprint density at radius 1 is 0.969 bits per heavy atom. The summed E-state index contributed by atoms with van der Waals surface area (Å²) in [6.07, 6.45) is 5.74. The predicted molar refractivity (Wildman–Crippen MR) is 134 cm³/mol. The number of anilines is 1. The first kappa shape index (κ1) is 20.3. The number of allylic oxidation sites excluding steroid dienone is 2. The lowest BCUT2D eigenvalue weighted by molar-refractivity contribution is 0.719. The van der Waals surface area contributed by atoms with E-state index in [2.05, 4.69) is 78.7 Å². The zero-order valence-electron chi connectivity index (χ0n) is 18.4. The molecule has 3 aromatic carbocycles. The molecule has 0 bridgehead atoms. The summed E-state index contributed by atoms with van der Waals surface area (Å²) in [5.74, 6) is 2.13. The number of aromatic nitrogens is 2. The van der Waals surface area contributed by atoms with Crippen molar-refractivity contribution in [2.45, 2.75) is 26.2 Å². The molecule has 0 unspecified atom stereocenters. The van der Waals surface area contributed by atoms with Gasteiger partial charge in [-0.25, -0.2) is 9.97 Å². The molecule has 0 spiro atoms. The van der Waals surface area contributed by atoms with E-state index in [-0.39, 0.29) is 0 Å². The molecule has 4 nitrogen and oxygen atoms in total. The highest BCUT2D eigenvalue weighted by molar-refractivity contribution is 5.97. The maximum atomic E-state index is 4.96. The number of hydrogen-bond donors (Lipinski definition) is 2. The number of nitrogens with zero attached hydrogens (tertiary/aromatic N) is 2. The van der Waals surface area contributed by atoms with E-state index in [1.54, 1.807) is 0 Å². The molecule has 0 amide bonds. The third kappa shape index (κ3) is 4.22. The van der Waals surface area contributed by atoms with Crippen LogP contribution in [0, 0.1) is 5.92 Å². The number of fused-ring (bicyclic) bond motifs is 2. The number of hydrogen-bond acceptors (Lipinski definition) is 4. The second kappa shape index (κ2) is 8.83. The topological polar surface area (TPSA) is 49.8 Å². The number of nitrogens with one attached hydrogen (secondary N) is 2. The number of rotatable bonds is 8. The van der Waals surface area contributed by atoms with Gasteiger partial charge in [0.15, 0.2) is 5.82 Å². The van der Waals surface area contributed by atoms with Gasteiger partial charge in [0.2, 0.25) is 0 Å². The van der Waals surface area contributed by atoms with Gasteiger partial charge in [-0.05, 0) is 54.2 Å². The Balaban J connectivity index is 1.55. The van der Waals surface area contributed by atoms with Crippen LogP contribution in [-0.2, 0) is 0 Å². The van der Waals surface area contributed by atoms with Crippen LogP contribution in [0.1, 0.15) is 26.2 Å². The van der Waals surface area contributed by atoms with Gasteiger partial charge in [0, 0.05) is 28.9 Å². The predicted octanol–water partition coefficient (Wildman–Crippen LogP) is 6.67. The van der Waals surface area contributed by atoms with Gasteiger partial charge in [0.1, 0.15) is 5.82 Å². The van der Waals surface area contributed by atoms with Gasteiger partial charge in [-0.3, -0.25) is 0 Å². The second-order valence-electron chi connectivity index (χ2n) is 8.39. The molecular weight excluding hydrogens is 392 g/mol. The SMILES string of the molecule is C=C(/C=C(\NCCC)C1CC1)Nc1nc(-c2cccc3ccccc23)nc2ccccc12. The zero-order chi connectivity index (χ0) is 21.9. The van der Waals surface area contributed by atoms with E-state index in [1.165, 1.54) is 23.9 Å². The lowest BCUT2D eigenvalue weighted by Gasteiger charge is -2.14. The van der Waals surface area contributed by atoms with Crippen LogP contribution in [0.4, 0.5) is 5.82 Å². The summed E-state index contributed by atoms with van der Waals surface area (Å²) in [7, 11) is 0. The molecular formula is C28H28N4. The molecule has 5 rings (SSSR count). The van der Waals surface area contributed by atoms with Gasteiger partial charge in [-0.2, -0.15) is 0 Å². The van der Waals surface area contributed by atoms with Gasteiger partial charge in [0.25, 0.3) is 0 Å². The zero-order valence-corrected chi connectivity index (χ0v) is 18.4. The minimum atomic E-state index is 0.633. The van der Waals surface area contributed by atoms with Crippen LogP contribution in [0.25, 0.3) is 33.1 Å². The molecule has 1 saturated carbocycles. The van der Waals surface area contributed by atoms with Crippen LogP contribution in [0.5, 0.6) is 0 Å². The van der Waals surface area contributed by atoms with Crippen molar-refractivity contribution in [2.24, 2.45) is 5.92 Å². The lowest BCUT2D eigenvalue weighted by Crippen LogP contribution is -2.16. The van der Waals surface area contributed by atoms with E-state index in [9.17, 15) is 0 Å². The molecule has 1 aliphatic carbocycles. The van der Waals surface area contributed by atoms with Crippen molar-refractivity contribution < 1.29 is 0 Å². The van der Waals surface area contributed by atoms with E-state index in [4.69, 9.17) is 9.97 Å². The number of benzene rings is 3. The Hall–Kier alpha value is -3.66. The van der Waals surface area contributed by atoms with Crippen molar-refractivity contribution in [3.8, 4) is 11.4 Å². The Morgan fingerprint density at radius 3 is 2.53 bits per heavy atom. The van der Waals surface area contributed by atoms with Crippen molar-refractivity contribution in [3.05, 3.63) is 90.8 Å². The summed E-state index contributed by atoms with van der Waals surface area (Å²) in [6.45, 7) is 7.45. The van der Waals surface area contributed by atoms with Crippen LogP contribution in [0.3, 0.4) is 0 Å². The second-order valence-corrected chi connectivity index (χ2v) is 8.39. The largest absolute Gasteiger partial charge is 0.388 e. The van der Waals surface area contributed by atoms with Crippen molar-refractivity contribution in [1.29, 1.82) is 0 Å². The maximum Gasteiger partial charge on any atom is 0.162 e.